The number of aromatic nitrogens is 3. The molecular weight excluding hydrogens is 364 g/mol. The van der Waals surface area contributed by atoms with Crippen LogP contribution >= 0.6 is 11.8 Å². The number of hydrogen-bond acceptors (Lipinski definition) is 5. The van der Waals surface area contributed by atoms with E-state index < -0.39 is 23.4 Å². The topological polar surface area (TPSA) is 103 Å². The number of amides is 2. The second-order valence-corrected chi connectivity index (χ2v) is 6.89. The molecule has 1 aromatic carbocycles. The molecule has 2 amide bonds. The molecule has 0 atom stereocenters. The molecule has 0 unspecified atom stereocenters. The van der Waals surface area contributed by atoms with E-state index in [1.807, 2.05) is 0 Å². The lowest BCUT2D eigenvalue weighted by molar-refractivity contribution is -0.118. The van der Waals surface area contributed by atoms with Gasteiger partial charge in [-0.25, -0.2) is 8.78 Å². The highest BCUT2D eigenvalue weighted by atomic mass is 32.2. The molecule has 1 saturated carbocycles. The normalized spacial score (nSPS) is 13.6. The third-order valence-corrected chi connectivity index (χ3v) is 4.77. The van der Waals surface area contributed by atoms with Gasteiger partial charge in [-0.1, -0.05) is 11.8 Å². The summed E-state index contributed by atoms with van der Waals surface area (Å²) in [4.78, 5) is 23.1. The largest absolute Gasteiger partial charge is 0.370 e. The first-order valence-electron chi connectivity index (χ1n) is 8.03. The van der Waals surface area contributed by atoms with Crippen molar-refractivity contribution in [2.75, 3.05) is 11.1 Å². The van der Waals surface area contributed by atoms with E-state index in [1.165, 1.54) is 0 Å². The Morgan fingerprint density at radius 2 is 2.08 bits per heavy atom. The molecule has 26 heavy (non-hydrogen) atoms. The number of benzene rings is 1. The molecule has 1 heterocycles. The fourth-order valence-electron chi connectivity index (χ4n) is 2.39. The van der Waals surface area contributed by atoms with E-state index in [0.29, 0.717) is 17.6 Å². The lowest BCUT2D eigenvalue weighted by Crippen LogP contribution is -2.17. The molecule has 0 radical (unpaired) electrons. The predicted molar refractivity (Wildman–Crippen MR) is 91.5 cm³/mol. The van der Waals surface area contributed by atoms with E-state index in [-0.39, 0.29) is 17.9 Å². The van der Waals surface area contributed by atoms with Gasteiger partial charge in [0.1, 0.15) is 17.5 Å². The van der Waals surface area contributed by atoms with Crippen LogP contribution in [-0.2, 0) is 16.1 Å². The predicted octanol–water partition coefficient (Wildman–Crippen LogP) is 2.04. The molecule has 0 spiro atoms. The minimum absolute atomic E-state index is 0.0602. The van der Waals surface area contributed by atoms with E-state index in [4.69, 9.17) is 5.73 Å². The highest BCUT2D eigenvalue weighted by molar-refractivity contribution is 7.99. The Morgan fingerprint density at radius 1 is 1.31 bits per heavy atom. The first-order valence-corrected chi connectivity index (χ1v) is 9.01. The van der Waals surface area contributed by atoms with Crippen molar-refractivity contribution in [3.8, 4) is 0 Å². The van der Waals surface area contributed by atoms with E-state index >= 15 is 0 Å². The molecule has 1 fully saturated rings. The van der Waals surface area contributed by atoms with Gasteiger partial charge in [0, 0.05) is 24.9 Å². The number of rotatable bonds is 8. The van der Waals surface area contributed by atoms with Crippen LogP contribution in [-0.4, -0.2) is 32.3 Å². The minimum atomic E-state index is -0.717. The summed E-state index contributed by atoms with van der Waals surface area (Å²) in [5.74, 6) is -1.26. The maximum atomic E-state index is 13.6. The van der Waals surface area contributed by atoms with Gasteiger partial charge in [0.05, 0.1) is 11.4 Å². The van der Waals surface area contributed by atoms with Crippen LogP contribution in [0.15, 0.2) is 23.4 Å². The van der Waals surface area contributed by atoms with Crippen LogP contribution in [0.4, 0.5) is 14.5 Å². The molecule has 0 aliphatic heterocycles. The van der Waals surface area contributed by atoms with E-state index in [0.717, 1.165) is 48.6 Å². The number of thioether (sulfide) groups is 1. The zero-order valence-electron chi connectivity index (χ0n) is 13.7. The fourth-order valence-corrected chi connectivity index (χ4v) is 3.16. The maximum absolute atomic E-state index is 13.6. The van der Waals surface area contributed by atoms with Gasteiger partial charge in [-0.05, 0) is 25.0 Å². The van der Waals surface area contributed by atoms with Gasteiger partial charge in [-0.2, -0.15) is 0 Å². The molecule has 0 saturated heterocycles. The number of anilines is 1. The first-order chi connectivity index (χ1) is 12.4. The monoisotopic (exact) mass is 381 g/mol. The zero-order chi connectivity index (χ0) is 18.7. The number of halogens is 2. The van der Waals surface area contributed by atoms with E-state index in [2.05, 4.69) is 15.5 Å². The summed E-state index contributed by atoms with van der Waals surface area (Å²) < 4.78 is 28.5. The summed E-state index contributed by atoms with van der Waals surface area (Å²) in [6.07, 6.45) is 2.17. The zero-order valence-corrected chi connectivity index (χ0v) is 14.6. The summed E-state index contributed by atoms with van der Waals surface area (Å²) in [7, 11) is 0. The average Bonchev–Trinajstić information content (AvgIpc) is 3.35. The van der Waals surface area contributed by atoms with Gasteiger partial charge in [0.15, 0.2) is 5.16 Å². The van der Waals surface area contributed by atoms with Crippen molar-refractivity contribution in [2.24, 2.45) is 5.73 Å². The van der Waals surface area contributed by atoms with Crippen LogP contribution in [0.25, 0.3) is 0 Å². The van der Waals surface area contributed by atoms with Crippen molar-refractivity contribution in [3.63, 3.8) is 0 Å². The van der Waals surface area contributed by atoms with Crippen molar-refractivity contribution in [2.45, 2.75) is 36.9 Å². The lowest BCUT2D eigenvalue weighted by atomic mass is 10.3. The number of nitrogens with zero attached hydrogens (tertiary/aromatic N) is 3. The van der Waals surface area contributed by atoms with Gasteiger partial charge in [-0.3, -0.25) is 9.59 Å². The highest BCUT2D eigenvalue weighted by Gasteiger charge is 2.30. The Morgan fingerprint density at radius 3 is 2.77 bits per heavy atom. The Bertz CT molecular complexity index is 838. The van der Waals surface area contributed by atoms with Crippen molar-refractivity contribution >= 4 is 29.3 Å². The second-order valence-electron chi connectivity index (χ2n) is 5.94. The quantitative estimate of drug-likeness (QED) is 0.681. The fraction of sp³-hybridized carbons (Fsp3) is 0.375. The molecule has 2 aromatic rings. The molecule has 1 aliphatic rings. The smallest absolute Gasteiger partial charge is 0.234 e. The number of nitrogens with two attached hydrogens (primary N) is 1. The molecule has 3 rings (SSSR count). The van der Waals surface area contributed by atoms with Crippen LogP contribution in [0.2, 0.25) is 0 Å². The van der Waals surface area contributed by atoms with Crippen LogP contribution < -0.4 is 11.1 Å². The maximum Gasteiger partial charge on any atom is 0.234 e. The minimum Gasteiger partial charge on any atom is -0.370 e. The van der Waals surface area contributed by atoms with Gasteiger partial charge >= 0.3 is 0 Å². The van der Waals surface area contributed by atoms with Crippen molar-refractivity contribution in [3.05, 3.63) is 35.7 Å². The third-order valence-electron chi connectivity index (χ3n) is 3.80. The Labute approximate surface area is 152 Å². The number of hydrogen-bond donors (Lipinski definition) is 2. The van der Waals surface area contributed by atoms with Crippen LogP contribution in [0.1, 0.15) is 31.0 Å². The highest BCUT2D eigenvalue weighted by Crippen LogP contribution is 2.40. The van der Waals surface area contributed by atoms with Gasteiger partial charge in [0.25, 0.3) is 0 Å². The molecule has 7 nitrogen and oxygen atoms in total. The van der Waals surface area contributed by atoms with E-state index in [9.17, 15) is 18.4 Å². The number of primary amides is 1. The van der Waals surface area contributed by atoms with E-state index in [1.54, 1.807) is 4.57 Å². The second kappa shape index (κ2) is 7.81. The summed E-state index contributed by atoms with van der Waals surface area (Å²) in [5.41, 5.74) is 4.99. The summed E-state index contributed by atoms with van der Waals surface area (Å²) >= 11 is 1.11. The Hall–Kier alpha value is -2.49. The molecule has 1 aromatic heterocycles. The molecule has 10 heteroatoms. The third kappa shape index (κ3) is 4.57. The summed E-state index contributed by atoms with van der Waals surface area (Å²) in [6.45, 7) is 0.344. The van der Waals surface area contributed by atoms with Crippen LogP contribution in [0, 0.1) is 11.6 Å². The van der Waals surface area contributed by atoms with Crippen molar-refractivity contribution < 1.29 is 18.4 Å². The Kier molecular flexibility index (Phi) is 5.50. The SMILES string of the molecule is NC(=O)CCn1c(SCC(=O)Nc2cc(F)ccc2F)nnc1C1CC1. The number of nitrogens with one attached hydrogen (secondary N) is 1. The number of carbonyl (C=O) groups is 2. The van der Waals surface area contributed by atoms with Crippen LogP contribution in [0.3, 0.4) is 0 Å². The first kappa shape index (κ1) is 18.3. The lowest BCUT2D eigenvalue weighted by Gasteiger charge is -2.09. The van der Waals surface area contributed by atoms with Gasteiger partial charge in [0.2, 0.25) is 11.8 Å². The Balaban J connectivity index is 1.64. The van der Waals surface area contributed by atoms with Gasteiger partial charge in [-0.15, -0.1) is 10.2 Å². The molecule has 1 aliphatic carbocycles. The standard InChI is InChI=1S/C16H17F2N5O2S/c17-10-3-4-11(18)12(7-10)20-14(25)8-26-16-22-21-15(9-1-2-9)23(16)6-5-13(19)24/h3-4,7,9H,1-2,5-6,8H2,(H2,19,24)(H,20,25). The molecule has 138 valence electrons. The van der Waals surface area contributed by atoms with Crippen LogP contribution in [0.5, 0.6) is 0 Å². The summed E-state index contributed by atoms with van der Waals surface area (Å²) in [5, 5.41) is 11.0. The number of carbonyl (C=O) groups excluding carboxylic acids is 2. The van der Waals surface area contributed by atoms with Gasteiger partial charge < -0.3 is 15.6 Å². The molecular formula is C16H17F2N5O2S. The molecule has 0 bridgehead atoms. The van der Waals surface area contributed by atoms with Crippen molar-refractivity contribution in [1.29, 1.82) is 0 Å². The average molecular weight is 381 g/mol. The van der Waals surface area contributed by atoms with Crippen molar-refractivity contribution in [1.82, 2.24) is 14.8 Å². The summed E-state index contributed by atoms with van der Waals surface area (Å²) in [6, 6.07) is 2.83. The molecule has 3 N–H and O–H groups in total.